The lowest BCUT2D eigenvalue weighted by molar-refractivity contribution is -0.122. The van der Waals surface area contributed by atoms with Gasteiger partial charge in [0.1, 0.15) is 5.82 Å². The van der Waals surface area contributed by atoms with Gasteiger partial charge in [0.2, 0.25) is 5.91 Å². The lowest BCUT2D eigenvalue weighted by Crippen LogP contribution is -2.50. The van der Waals surface area contributed by atoms with Gasteiger partial charge in [-0.2, -0.15) is 0 Å². The zero-order chi connectivity index (χ0) is 20.2. The normalized spacial score (nSPS) is 15.2. The summed E-state index contributed by atoms with van der Waals surface area (Å²) in [4.78, 5) is 27.5. The lowest BCUT2D eigenvalue weighted by atomic mass is 10.2. The Bertz CT molecular complexity index is 965. The van der Waals surface area contributed by atoms with Crippen LogP contribution in [0.3, 0.4) is 0 Å². The van der Waals surface area contributed by atoms with E-state index in [1.165, 1.54) is 0 Å². The van der Waals surface area contributed by atoms with Crippen LogP contribution in [0.5, 0.6) is 0 Å². The average molecular weight is 410 g/mol. The van der Waals surface area contributed by atoms with Gasteiger partial charge in [-0.15, -0.1) is 11.3 Å². The van der Waals surface area contributed by atoms with E-state index >= 15 is 0 Å². The summed E-state index contributed by atoms with van der Waals surface area (Å²) in [7, 11) is 0. The highest BCUT2D eigenvalue weighted by atomic mass is 32.1. The van der Waals surface area contributed by atoms with Crippen molar-refractivity contribution < 1.29 is 4.79 Å². The zero-order valence-corrected chi connectivity index (χ0v) is 17.8. The summed E-state index contributed by atoms with van der Waals surface area (Å²) in [6.07, 6.45) is 0. The molecular formula is C22H27N5OS. The maximum Gasteiger partial charge on any atom is 0.234 e. The maximum atomic E-state index is 12.1. The summed E-state index contributed by atoms with van der Waals surface area (Å²) in [6, 6.07) is 12.3. The van der Waals surface area contributed by atoms with Crippen molar-refractivity contribution in [3.05, 3.63) is 41.8 Å². The van der Waals surface area contributed by atoms with Gasteiger partial charge in [0, 0.05) is 38.1 Å². The molecule has 0 atom stereocenters. The minimum atomic E-state index is 0.111. The van der Waals surface area contributed by atoms with Crippen molar-refractivity contribution in [1.29, 1.82) is 0 Å². The van der Waals surface area contributed by atoms with Gasteiger partial charge in [0.05, 0.1) is 16.9 Å². The van der Waals surface area contributed by atoms with Crippen LogP contribution in [-0.2, 0) is 4.79 Å². The predicted octanol–water partition coefficient (Wildman–Crippen LogP) is 3.25. The Hall–Kier alpha value is -2.51. The molecule has 1 amide bonds. The first kappa shape index (κ1) is 19.8. The second kappa shape index (κ2) is 8.88. The third-order valence-electron chi connectivity index (χ3n) is 5.07. The topological polar surface area (TPSA) is 61.4 Å². The van der Waals surface area contributed by atoms with Crippen molar-refractivity contribution in [2.75, 3.05) is 44.2 Å². The van der Waals surface area contributed by atoms with Gasteiger partial charge < -0.3 is 10.2 Å². The Balaban J connectivity index is 1.49. The van der Waals surface area contributed by atoms with E-state index in [1.807, 2.05) is 24.3 Å². The molecule has 3 heterocycles. The second-order valence-corrected chi connectivity index (χ2v) is 8.77. The van der Waals surface area contributed by atoms with E-state index in [1.54, 1.807) is 11.3 Å². The van der Waals surface area contributed by atoms with Crippen molar-refractivity contribution in [1.82, 2.24) is 20.2 Å². The molecule has 1 saturated heterocycles. The number of aromatic nitrogens is 2. The number of carbonyl (C=O) groups is 1. The van der Waals surface area contributed by atoms with E-state index in [0.29, 0.717) is 12.5 Å². The van der Waals surface area contributed by atoms with E-state index in [2.05, 4.69) is 46.5 Å². The molecule has 0 saturated carbocycles. The number of hydrogen-bond acceptors (Lipinski definition) is 6. The van der Waals surface area contributed by atoms with Crippen LogP contribution < -0.4 is 10.2 Å². The van der Waals surface area contributed by atoms with Crippen molar-refractivity contribution in [3.63, 3.8) is 0 Å². The number of piperazine rings is 1. The van der Waals surface area contributed by atoms with Crippen molar-refractivity contribution in [2.24, 2.45) is 5.92 Å². The van der Waals surface area contributed by atoms with E-state index in [0.717, 1.165) is 60.1 Å². The quantitative estimate of drug-likeness (QED) is 0.677. The molecule has 1 aliphatic heterocycles. The standard InChI is InChI=1S/C22H27N5OS/c1-16(2)14-23-20(28)15-26-9-11-27(12-10-26)22-17-6-3-4-7-18(17)24-21(25-22)19-8-5-13-29-19/h3-8,13,16H,9-12,14-15H2,1-2H3,(H,23,28). The molecule has 2 aromatic heterocycles. The first-order valence-corrected chi connectivity index (χ1v) is 11.0. The molecule has 1 aromatic carbocycles. The van der Waals surface area contributed by atoms with Crippen LogP contribution in [0.25, 0.3) is 21.6 Å². The predicted molar refractivity (Wildman–Crippen MR) is 119 cm³/mol. The Kier molecular flexibility index (Phi) is 6.06. The molecule has 0 aliphatic carbocycles. The molecular weight excluding hydrogens is 382 g/mol. The summed E-state index contributed by atoms with van der Waals surface area (Å²) < 4.78 is 0. The summed E-state index contributed by atoms with van der Waals surface area (Å²) in [5.74, 6) is 2.35. The van der Waals surface area contributed by atoms with Gasteiger partial charge in [-0.05, 0) is 29.5 Å². The highest BCUT2D eigenvalue weighted by Crippen LogP contribution is 2.29. The molecule has 1 aliphatic rings. The molecule has 0 spiro atoms. The van der Waals surface area contributed by atoms with Crippen LogP contribution in [0.2, 0.25) is 0 Å². The summed E-state index contributed by atoms with van der Waals surface area (Å²) in [6.45, 7) is 8.81. The fraction of sp³-hybridized carbons (Fsp3) is 0.409. The van der Waals surface area contributed by atoms with E-state index in [4.69, 9.17) is 9.97 Å². The van der Waals surface area contributed by atoms with Gasteiger partial charge in [-0.3, -0.25) is 9.69 Å². The Morgan fingerprint density at radius 3 is 2.62 bits per heavy atom. The fourth-order valence-electron chi connectivity index (χ4n) is 3.51. The van der Waals surface area contributed by atoms with Gasteiger partial charge in [0.15, 0.2) is 5.82 Å². The van der Waals surface area contributed by atoms with Crippen LogP contribution in [0, 0.1) is 5.92 Å². The van der Waals surface area contributed by atoms with Gasteiger partial charge in [-0.1, -0.05) is 32.0 Å². The molecule has 3 aromatic rings. The number of fused-ring (bicyclic) bond motifs is 1. The summed E-state index contributed by atoms with van der Waals surface area (Å²) in [5, 5.41) is 6.14. The van der Waals surface area contributed by atoms with E-state index < -0.39 is 0 Å². The number of nitrogens with zero attached hydrogens (tertiary/aromatic N) is 4. The molecule has 1 fully saturated rings. The van der Waals surface area contributed by atoms with Crippen LogP contribution in [-0.4, -0.2) is 60.0 Å². The number of carbonyl (C=O) groups excluding carboxylic acids is 1. The highest BCUT2D eigenvalue weighted by Gasteiger charge is 2.22. The molecule has 0 bridgehead atoms. The van der Waals surface area contributed by atoms with E-state index in [-0.39, 0.29) is 5.91 Å². The number of para-hydroxylation sites is 1. The SMILES string of the molecule is CC(C)CNC(=O)CN1CCN(c2nc(-c3cccs3)nc3ccccc23)CC1. The summed E-state index contributed by atoms with van der Waals surface area (Å²) >= 11 is 1.66. The number of nitrogens with one attached hydrogen (secondary N) is 1. The van der Waals surface area contributed by atoms with Gasteiger partial charge >= 0.3 is 0 Å². The maximum absolute atomic E-state index is 12.1. The van der Waals surface area contributed by atoms with Crippen molar-refractivity contribution >= 4 is 34.0 Å². The van der Waals surface area contributed by atoms with Crippen LogP contribution in [0.1, 0.15) is 13.8 Å². The fourth-order valence-corrected chi connectivity index (χ4v) is 4.17. The molecule has 152 valence electrons. The molecule has 1 N–H and O–H groups in total. The number of rotatable bonds is 6. The minimum absolute atomic E-state index is 0.111. The van der Waals surface area contributed by atoms with Crippen LogP contribution in [0.4, 0.5) is 5.82 Å². The van der Waals surface area contributed by atoms with E-state index in [9.17, 15) is 4.79 Å². The Labute approximate surface area is 175 Å². The second-order valence-electron chi connectivity index (χ2n) is 7.83. The van der Waals surface area contributed by atoms with Crippen molar-refractivity contribution in [2.45, 2.75) is 13.8 Å². The largest absolute Gasteiger partial charge is 0.355 e. The average Bonchev–Trinajstić information content (AvgIpc) is 3.27. The number of amides is 1. The molecule has 29 heavy (non-hydrogen) atoms. The number of benzene rings is 1. The number of anilines is 1. The highest BCUT2D eigenvalue weighted by molar-refractivity contribution is 7.13. The van der Waals surface area contributed by atoms with Crippen LogP contribution in [0.15, 0.2) is 41.8 Å². The third kappa shape index (κ3) is 4.74. The molecule has 6 nitrogen and oxygen atoms in total. The third-order valence-corrected chi connectivity index (χ3v) is 5.94. The van der Waals surface area contributed by atoms with Crippen LogP contribution >= 0.6 is 11.3 Å². The first-order chi connectivity index (χ1) is 14.1. The molecule has 7 heteroatoms. The Morgan fingerprint density at radius 1 is 1.10 bits per heavy atom. The smallest absolute Gasteiger partial charge is 0.234 e. The Morgan fingerprint density at radius 2 is 1.90 bits per heavy atom. The number of thiophene rings is 1. The lowest BCUT2D eigenvalue weighted by Gasteiger charge is -2.35. The van der Waals surface area contributed by atoms with Gasteiger partial charge in [-0.25, -0.2) is 9.97 Å². The zero-order valence-electron chi connectivity index (χ0n) is 17.0. The number of hydrogen-bond donors (Lipinski definition) is 1. The molecule has 0 unspecified atom stereocenters. The van der Waals surface area contributed by atoms with Crippen molar-refractivity contribution in [3.8, 4) is 10.7 Å². The molecule has 0 radical (unpaired) electrons. The monoisotopic (exact) mass is 409 g/mol. The minimum Gasteiger partial charge on any atom is -0.355 e. The van der Waals surface area contributed by atoms with Gasteiger partial charge in [0.25, 0.3) is 0 Å². The summed E-state index contributed by atoms with van der Waals surface area (Å²) in [5.41, 5.74) is 0.969. The molecule has 4 rings (SSSR count). The first-order valence-electron chi connectivity index (χ1n) is 10.1.